The Morgan fingerprint density at radius 1 is 0.911 bits per heavy atom. The van der Waals surface area contributed by atoms with Crippen molar-refractivity contribution in [1.82, 2.24) is 0 Å². The van der Waals surface area contributed by atoms with Crippen molar-refractivity contribution in [3.8, 4) is 0 Å². The molecule has 2 N–H and O–H groups in total. The quantitative estimate of drug-likeness (QED) is 0.0224. The van der Waals surface area contributed by atoms with Gasteiger partial charge in [0.15, 0.2) is 11.5 Å². The van der Waals surface area contributed by atoms with Gasteiger partial charge in [-0.05, 0) is 81.5 Å². The molecule has 290 valence electrons. The molecule has 5 rings (SSSR count). The molecule has 2 aromatic carbocycles. The van der Waals surface area contributed by atoms with Gasteiger partial charge in [-0.2, -0.15) is 13.8 Å². The van der Waals surface area contributed by atoms with Crippen molar-refractivity contribution >= 4 is 69.6 Å². The number of anilines is 1. The number of rotatable bonds is 18. The van der Waals surface area contributed by atoms with Gasteiger partial charge in [0.05, 0.1) is 22.4 Å². The van der Waals surface area contributed by atoms with Gasteiger partial charge in [0.2, 0.25) is 5.69 Å². The van der Waals surface area contributed by atoms with Crippen molar-refractivity contribution in [2.45, 2.75) is 99.7 Å². The molecule has 0 fully saturated rings. The molecular weight excluding hydrogens is 803 g/mol. The Morgan fingerprint density at radius 2 is 1.55 bits per heavy atom. The van der Waals surface area contributed by atoms with Crippen LogP contribution in [0, 0.1) is 0 Å². The van der Waals surface area contributed by atoms with Crippen LogP contribution >= 0.6 is 12.0 Å². The first kappa shape index (κ1) is 48.5. The molecule has 0 radical (unpaired) electrons. The van der Waals surface area contributed by atoms with E-state index in [4.69, 9.17) is 22.8 Å². The molecule has 0 amide bonds. The van der Waals surface area contributed by atoms with E-state index in [1.54, 1.807) is 18.2 Å². The Morgan fingerprint density at radius 3 is 2.14 bits per heavy atom. The van der Waals surface area contributed by atoms with Gasteiger partial charge >= 0.3 is 71.1 Å². The minimum Gasteiger partial charge on any atom is -0.778 e. The topological polar surface area (TPSA) is 197 Å². The van der Waals surface area contributed by atoms with E-state index in [1.807, 2.05) is 50.8 Å². The summed E-state index contributed by atoms with van der Waals surface area (Å²) in [5, 5.41) is 32.2. The number of carbonyl (C=O) groups is 3. The number of allylic oxidation sites excluding steroid dienone is 5. The Labute approximate surface area is 381 Å². The Kier molecular flexibility index (Phi) is 17.2. The van der Waals surface area contributed by atoms with Crippen molar-refractivity contribution < 1.29 is 116 Å². The average molecular weight is 845 g/mol. The number of ketones is 1. The number of hydrogen-bond acceptors (Lipinski definition) is 12. The average Bonchev–Trinajstić information content (AvgIpc) is 3.44. The summed E-state index contributed by atoms with van der Waals surface area (Å²) in [6.07, 6.45) is 7.32. The van der Waals surface area contributed by atoms with Crippen LogP contribution in [0.3, 0.4) is 0 Å². The Hall–Kier alpha value is -1.90. The maximum Gasteiger partial charge on any atom is 1.00 e. The summed E-state index contributed by atoms with van der Waals surface area (Å²) in [5.74, 6) is -1.99. The standard InChI is InChI=1S/C38H44N2O11S3.2Na/c1-37(2)27-19-23(53-51-50-46)13-15-29(27)39(17-9-5-7-11-33(41)42)31(37)21-25-35(45)26(36(25)52)22-32-38(3,4)28-20-24(54(47,48)49)14-16-30(28)40(32)18-10-6-8-12-34(43)44;;/h13-16,19-22H,5-12,17-18H2,1-4H3,(H4-,41,42,43,44,45,46,47,48,49,52);;/q;2*+1/p-2. The summed E-state index contributed by atoms with van der Waals surface area (Å²) >= 11 is 6.66. The minimum atomic E-state index is -4.73. The molecule has 2 heterocycles. The van der Waals surface area contributed by atoms with Gasteiger partial charge in [0.25, 0.3) is 0 Å². The summed E-state index contributed by atoms with van der Waals surface area (Å²) in [6.45, 7) is 8.82. The van der Waals surface area contributed by atoms with Gasteiger partial charge in [0, 0.05) is 76.4 Å². The second-order valence-corrected chi connectivity index (χ2v) is 17.1. The second kappa shape index (κ2) is 19.9. The van der Waals surface area contributed by atoms with E-state index >= 15 is 0 Å². The molecular formula is C38H42N2Na2O11S3. The largest absolute Gasteiger partial charge is 1.00 e. The fourth-order valence-electron chi connectivity index (χ4n) is 7.39. The van der Waals surface area contributed by atoms with Crippen molar-refractivity contribution in [2.75, 3.05) is 18.0 Å². The van der Waals surface area contributed by atoms with Crippen LogP contribution in [0.15, 0.2) is 80.1 Å². The first-order valence-electron chi connectivity index (χ1n) is 17.5. The van der Waals surface area contributed by atoms with Gasteiger partial charge in [-0.25, -0.2) is 8.42 Å². The third-order valence-electron chi connectivity index (χ3n) is 10.3. The van der Waals surface area contributed by atoms with Crippen LogP contribution in [0.25, 0.3) is 0 Å². The molecule has 2 aromatic rings. The van der Waals surface area contributed by atoms with Crippen molar-refractivity contribution in [3.05, 3.63) is 81.4 Å². The summed E-state index contributed by atoms with van der Waals surface area (Å²) in [4.78, 5) is 38.8. The Balaban J connectivity index is 0.00000420. The maximum absolute atomic E-state index is 14.0. The van der Waals surface area contributed by atoms with E-state index in [0.29, 0.717) is 89.5 Å². The fraction of sp³-hybridized carbons (Fsp3) is 0.421. The van der Waals surface area contributed by atoms with E-state index in [0.717, 1.165) is 29.0 Å². The van der Waals surface area contributed by atoms with Gasteiger partial charge in [-0.3, -0.25) is 19.4 Å². The summed E-state index contributed by atoms with van der Waals surface area (Å²) < 4.78 is 42.5. The molecule has 0 saturated heterocycles. The molecule has 0 saturated carbocycles. The molecule has 3 aliphatic rings. The zero-order valence-corrected chi connectivity index (χ0v) is 38.8. The van der Waals surface area contributed by atoms with Gasteiger partial charge < -0.3 is 37.6 Å². The van der Waals surface area contributed by atoms with Gasteiger partial charge in [-0.1, -0.05) is 20.3 Å². The van der Waals surface area contributed by atoms with E-state index < -0.39 is 32.9 Å². The molecule has 1 aliphatic carbocycles. The summed E-state index contributed by atoms with van der Waals surface area (Å²) in [6, 6.07) is 9.82. The van der Waals surface area contributed by atoms with Crippen LogP contribution in [0.4, 0.5) is 11.4 Å². The second-order valence-electron chi connectivity index (χ2n) is 14.5. The molecule has 13 nitrogen and oxygen atoms in total. The fourth-order valence-corrected chi connectivity index (χ4v) is 8.58. The normalized spacial score (nSPS) is 18.1. The number of aliphatic carboxylic acids is 2. The van der Waals surface area contributed by atoms with E-state index in [9.17, 15) is 32.6 Å². The van der Waals surface area contributed by atoms with Gasteiger partial charge in [-0.15, -0.1) is 0 Å². The number of nitrogens with zero attached hydrogens (tertiary/aromatic N) is 2. The van der Waals surface area contributed by atoms with Crippen LogP contribution in [0.2, 0.25) is 0 Å². The Bertz CT molecular complexity index is 2110. The predicted octanol–water partition coefficient (Wildman–Crippen LogP) is -0.513. The molecule has 0 spiro atoms. The number of fused-ring (bicyclic) bond motifs is 2. The number of carboxylic acid groups (broad SMARTS) is 2. The molecule has 18 heteroatoms. The summed E-state index contributed by atoms with van der Waals surface area (Å²) in [5.41, 5.74) is 3.87. The van der Waals surface area contributed by atoms with Crippen LogP contribution in [-0.2, 0) is 57.3 Å². The zero-order valence-electron chi connectivity index (χ0n) is 32.4. The molecule has 56 heavy (non-hydrogen) atoms. The smallest absolute Gasteiger partial charge is 0.778 e. The van der Waals surface area contributed by atoms with Crippen molar-refractivity contribution in [3.63, 3.8) is 0 Å². The van der Waals surface area contributed by atoms with Gasteiger partial charge in [0.1, 0.15) is 16.7 Å². The van der Waals surface area contributed by atoms with E-state index in [1.165, 1.54) is 12.1 Å². The maximum atomic E-state index is 14.0. The number of Topliss-reactive ketones (excluding diaryl/α,β-unsaturated/α-hetero) is 1. The SMILES string of the molecule is CC1(C)C(=CC2=C([S-])C(=CC3=[N+](CCCCCC(=O)O)c4ccc(SOO[O-])cc4C3(C)C)C2=O)N(CCCCCC(=O)O)c2ccc(S(=O)(=O)[O-])cc21.[Na+].[Na+]. The number of unbranched alkanes of at least 4 members (excludes halogenated alkanes) is 4. The van der Waals surface area contributed by atoms with E-state index in [2.05, 4.69) is 13.9 Å². The van der Waals surface area contributed by atoms with Crippen molar-refractivity contribution in [2.24, 2.45) is 0 Å². The third-order valence-corrected chi connectivity index (χ3v) is 12.1. The molecule has 2 aliphatic heterocycles. The zero-order chi connectivity index (χ0) is 39.6. The van der Waals surface area contributed by atoms with Crippen LogP contribution in [0.5, 0.6) is 0 Å². The van der Waals surface area contributed by atoms with Crippen LogP contribution in [-0.4, -0.2) is 64.3 Å². The molecule has 0 bridgehead atoms. The van der Waals surface area contributed by atoms with Crippen LogP contribution in [0.1, 0.15) is 90.2 Å². The third kappa shape index (κ3) is 10.4. The first-order chi connectivity index (χ1) is 25.4. The minimum absolute atomic E-state index is 0. The monoisotopic (exact) mass is 844 g/mol. The first-order valence-corrected chi connectivity index (χ1v) is 20.1. The number of hydrogen-bond donors (Lipinski definition) is 2. The molecule has 0 aromatic heterocycles. The van der Waals surface area contributed by atoms with Crippen LogP contribution < -0.4 is 69.3 Å². The number of benzene rings is 2. The van der Waals surface area contributed by atoms with Crippen molar-refractivity contribution in [1.29, 1.82) is 0 Å². The molecule has 0 unspecified atom stereocenters. The summed E-state index contributed by atoms with van der Waals surface area (Å²) in [7, 11) is -4.73. The number of carboxylic acids is 2. The van der Waals surface area contributed by atoms with E-state index in [-0.39, 0.29) is 82.6 Å². The predicted molar refractivity (Wildman–Crippen MR) is 200 cm³/mol. The number of carbonyl (C=O) groups excluding carboxylic acids is 1. The molecule has 0 atom stereocenters.